The number of anilines is 2. The zero-order chi connectivity index (χ0) is 22.7. The van der Waals surface area contributed by atoms with Crippen molar-refractivity contribution in [3.8, 4) is 17.2 Å². The highest BCUT2D eigenvalue weighted by Gasteiger charge is 2.16. The van der Waals surface area contributed by atoms with Crippen LogP contribution < -0.4 is 25.1 Å². The van der Waals surface area contributed by atoms with Gasteiger partial charge < -0.3 is 18.9 Å². The molecule has 0 spiro atoms. The molecule has 0 bridgehead atoms. The molecule has 2 aromatic heterocycles. The van der Waals surface area contributed by atoms with E-state index in [0.717, 1.165) is 11.1 Å². The average molecular weight is 437 g/mol. The van der Waals surface area contributed by atoms with Crippen molar-refractivity contribution >= 4 is 33.7 Å². The van der Waals surface area contributed by atoms with Crippen LogP contribution in [-0.4, -0.2) is 54.5 Å². The summed E-state index contributed by atoms with van der Waals surface area (Å²) in [5, 5.41) is 4.22. The second kappa shape index (κ2) is 9.06. The summed E-state index contributed by atoms with van der Waals surface area (Å²) < 4.78 is 21.8. The standard InChI is InChI=1S/C22H23N5O5/c1-12-13-8-9-16(31-4)19(32-11-10-29-2)18(13)25-21(23-12)27-22-24-17-14(20(28)26-22)6-5-7-15(17)30-3/h5-9H,10-11H2,1-4H3,(H2,23,24,25,26,27,28). The maximum absolute atomic E-state index is 12.5. The lowest BCUT2D eigenvalue weighted by Crippen LogP contribution is -2.13. The summed E-state index contributed by atoms with van der Waals surface area (Å²) in [6, 6.07) is 8.84. The van der Waals surface area contributed by atoms with Crippen LogP contribution in [0.3, 0.4) is 0 Å². The number of H-pyrrole nitrogens is 1. The molecule has 0 radical (unpaired) electrons. The molecule has 0 fully saturated rings. The van der Waals surface area contributed by atoms with Gasteiger partial charge in [-0.05, 0) is 31.2 Å². The summed E-state index contributed by atoms with van der Waals surface area (Å²) in [6.45, 7) is 2.61. The highest BCUT2D eigenvalue weighted by molar-refractivity contribution is 5.90. The summed E-state index contributed by atoms with van der Waals surface area (Å²) in [7, 11) is 4.69. The molecule has 4 aromatic rings. The molecule has 0 saturated heterocycles. The van der Waals surface area contributed by atoms with Crippen molar-refractivity contribution in [2.45, 2.75) is 6.92 Å². The number of rotatable bonds is 8. The van der Waals surface area contributed by atoms with Crippen molar-refractivity contribution in [2.75, 3.05) is 39.9 Å². The second-order valence-electron chi connectivity index (χ2n) is 6.86. The summed E-state index contributed by atoms with van der Waals surface area (Å²) in [4.78, 5) is 28.9. The number of fused-ring (bicyclic) bond motifs is 2. The summed E-state index contributed by atoms with van der Waals surface area (Å²) in [6.07, 6.45) is 0. The van der Waals surface area contributed by atoms with Crippen LogP contribution in [0.5, 0.6) is 17.2 Å². The minimum absolute atomic E-state index is 0.190. The first kappa shape index (κ1) is 21.3. The number of nitrogens with zero attached hydrogens (tertiary/aromatic N) is 3. The minimum atomic E-state index is -0.306. The topological polar surface area (TPSA) is 120 Å². The zero-order valence-electron chi connectivity index (χ0n) is 18.2. The molecule has 10 heteroatoms. The molecule has 0 aliphatic heterocycles. The van der Waals surface area contributed by atoms with Crippen molar-refractivity contribution in [1.29, 1.82) is 0 Å². The van der Waals surface area contributed by atoms with E-state index in [4.69, 9.17) is 18.9 Å². The maximum Gasteiger partial charge on any atom is 0.260 e. The van der Waals surface area contributed by atoms with Gasteiger partial charge >= 0.3 is 0 Å². The molecule has 4 rings (SSSR count). The summed E-state index contributed by atoms with van der Waals surface area (Å²) >= 11 is 0. The Kier molecular flexibility index (Phi) is 6.04. The molecule has 2 heterocycles. The van der Waals surface area contributed by atoms with Gasteiger partial charge in [0, 0.05) is 12.5 Å². The van der Waals surface area contributed by atoms with Crippen LogP contribution in [0.15, 0.2) is 35.1 Å². The molecule has 2 N–H and O–H groups in total. The Balaban J connectivity index is 1.80. The molecule has 10 nitrogen and oxygen atoms in total. The number of hydrogen-bond acceptors (Lipinski definition) is 9. The fraction of sp³-hybridized carbons (Fsp3) is 0.273. The number of para-hydroxylation sites is 1. The Labute approximate surface area is 183 Å². The van der Waals surface area contributed by atoms with Crippen molar-refractivity contribution < 1.29 is 18.9 Å². The number of benzene rings is 2. The lowest BCUT2D eigenvalue weighted by molar-refractivity contribution is 0.145. The number of nitrogens with one attached hydrogen (secondary N) is 2. The fourth-order valence-electron chi connectivity index (χ4n) is 3.35. The number of methoxy groups -OCH3 is 3. The molecule has 0 amide bonds. The maximum atomic E-state index is 12.5. The predicted molar refractivity (Wildman–Crippen MR) is 120 cm³/mol. The molecule has 32 heavy (non-hydrogen) atoms. The molecule has 166 valence electrons. The van der Waals surface area contributed by atoms with E-state index in [1.165, 1.54) is 7.11 Å². The summed E-state index contributed by atoms with van der Waals surface area (Å²) in [5.41, 5.74) is 1.41. The van der Waals surface area contributed by atoms with E-state index in [2.05, 4.69) is 25.3 Å². The van der Waals surface area contributed by atoms with E-state index in [0.29, 0.717) is 46.9 Å². The van der Waals surface area contributed by atoms with Crippen LogP contribution in [0.1, 0.15) is 5.69 Å². The second-order valence-corrected chi connectivity index (χ2v) is 6.86. The lowest BCUT2D eigenvalue weighted by atomic mass is 10.1. The first-order valence-corrected chi connectivity index (χ1v) is 9.86. The number of aromatic amines is 1. The lowest BCUT2D eigenvalue weighted by Gasteiger charge is -2.14. The van der Waals surface area contributed by atoms with Crippen LogP contribution in [-0.2, 0) is 4.74 Å². The van der Waals surface area contributed by atoms with Gasteiger partial charge in [0.15, 0.2) is 11.5 Å². The van der Waals surface area contributed by atoms with Crippen LogP contribution in [0.2, 0.25) is 0 Å². The van der Waals surface area contributed by atoms with Crippen molar-refractivity contribution in [2.24, 2.45) is 0 Å². The van der Waals surface area contributed by atoms with Crippen molar-refractivity contribution in [3.63, 3.8) is 0 Å². The molecular formula is C22H23N5O5. The largest absolute Gasteiger partial charge is 0.494 e. The molecule has 0 saturated carbocycles. The molecule has 0 unspecified atom stereocenters. The number of aryl methyl sites for hydroxylation is 1. The van der Waals surface area contributed by atoms with Gasteiger partial charge in [-0.25, -0.2) is 15.0 Å². The van der Waals surface area contributed by atoms with Crippen molar-refractivity contribution in [1.82, 2.24) is 19.9 Å². The van der Waals surface area contributed by atoms with Crippen LogP contribution in [0, 0.1) is 6.92 Å². The number of hydrogen-bond donors (Lipinski definition) is 2. The quantitative estimate of drug-likeness (QED) is 0.401. The SMILES string of the molecule is COCCOc1c(OC)ccc2c(C)nc(Nc3nc4c(OC)cccc4c(=O)[nH]3)nc12. The fourth-order valence-corrected chi connectivity index (χ4v) is 3.35. The van der Waals surface area contributed by atoms with E-state index in [1.807, 2.05) is 19.1 Å². The van der Waals surface area contributed by atoms with E-state index in [9.17, 15) is 4.79 Å². The van der Waals surface area contributed by atoms with Crippen molar-refractivity contribution in [3.05, 3.63) is 46.4 Å². The zero-order valence-corrected chi connectivity index (χ0v) is 18.2. The molecule has 0 atom stereocenters. The molecule has 0 aliphatic carbocycles. The highest BCUT2D eigenvalue weighted by Crippen LogP contribution is 2.36. The van der Waals surface area contributed by atoms with Crippen LogP contribution >= 0.6 is 0 Å². The first-order valence-electron chi connectivity index (χ1n) is 9.86. The van der Waals surface area contributed by atoms with Gasteiger partial charge in [-0.1, -0.05) is 6.07 Å². The Bertz CT molecular complexity index is 1340. The Hall–Kier alpha value is -3.92. The number of aromatic nitrogens is 4. The van der Waals surface area contributed by atoms with E-state index in [-0.39, 0.29) is 17.5 Å². The van der Waals surface area contributed by atoms with Gasteiger partial charge in [-0.3, -0.25) is 15.1 Å². The highest BCUT2D eigenvalue weighted by atomic mass is 16.5. The van der Waals surface area contributed by atoms with Crippen LogP contribution in [0.25, 0.3) is 21.8 Å². The van der Waals surface area contributed by atoms with Gasteiger partial charge in [0.05, 0.1) is 31.9 Å². The third-order valence-electron chi connectivity index (χ3n) is 4.88. The van der Waals surface area contributed by atoms with E-state index < -0.39 is 0 Å². The normalized spacial score (nSPS) is 11.0. The molecular weight excluding hydrogens is 414 g/mol. The summed E-state index contributed by atoms with van der Waals surface area (Å²) in [5.74, 6) is 1.95. The van der Waals surface area contributed by atoms with Gasteiger partial charge in [-0.15, -0.1) is 0 Å². The van der Waals surface area contributed by atoms with Gasteiger partial charge in [0.1, 0.15) is 23.4 Å². The molecule has 0 aliphatic rings. The Morgan fingerprint density at radius 3 is 2.47 bits per heavy atom. The number of ether oxygens (including phenoxy) is 4. The first-order chi connectivity index (χ1) is 15.5. The average Bonchev–Trinajstić information content (AvgIpc) is 2.79. The Morgan fingerprint density at radius 2 is 1.72 bits per heavy atom. The smallest absolute Gasteiger partial charge is 0.260 e. The van der Waals surface area contributed by atoms with Gasteiger partial charge in [0.2, 0.25) is 11.9 Å². The molecule has 2 aromatic carbocycles. The Morgan fingerprint density at radius 1 is 0.906 bits per heavy atom. The van der Waals surface area contributed by atoms with E-state index >= 15 is 0 Å². The van der Waals surface area contributed by atoms with Gasteiger partial charge in [-0.2, -0.15) is 0 Å². The van der Waals surface area contributed by atoms with Gasteiger partial charge in [0.25, 0.3) is 5.56 Å². The minimum Gasteiger partial charge on any atom is -0.494 e. The monoisotopic (exact) mass is 437 g/mol. The van der Waals surface area contributed by atoms with Crippen LogP contribution in [0.4, 0.5) is 11.9 Å². The third-order valence-corrected chi connectivity index (χ3v) is 4.88. The van der Waals surface area contributed by atoms with E-state index in [1.54, 1.807) is 32.4 Å². The third kappa shape index (κ3) is 4.00. The predicted octanol–water partition coefficient (Wildman–Crippen LogP) is 2.96.